The lowest BCUT2D eigenvalue weighted by atomic mass is 10.0. The van der Waals surface area contributed by atoms with E-state index in [1.165, 1.54) is 58.8 Å². The Morgan fingerprint density at radius 3 is 1.81 bits per heavy atom. The second kappa shape index (κ2) is 19.6. The van der Waals surface area contributed by atoms with E-state index in [4.69, 9.17) is 21.1 Å². The van der Waals surface area contributed by atoms with Crippen LogP contribution in [0.4, 0.5) is 10.3 Å². The average Bonchev–Trinajstić information content (AvgIpc) is 4.14. The molecular weight excluding hydrogens is 949 g/mol. The van der Waals surface area contributed by atoms with E-state index in [0.29, 0.717) is 35.7 Å². The number of amides is 4. The summed E-state index contributed by atoms with van der Waals surface area (Å²) in [6.45, 7) is 2.89. The summed E-state index contributed by atoms with van der Waals surface area (Å²) < 4.78 is 2.81. The van der Waals surface area contributed by atoms with E-state index in [2.05, 4.69) is 48.6 Å². The molecule has 6 N–H and O–H groups in total. The van der Waals surface area contributed by atoms with Crippen LogP contribution in [0.1, 0.15) is 41.9 Å². The average molecular weight is 995 g/mol. The van der Waals surface area contributed by atoms with Crippen molar-refractivity contribution in [1.29, 1.82) is 0 Å². The summed E-state index contributed by atoms with van der Waals surface area (Å²) >= 11 is 5.10. The van der Waals surface area contributed by atoms with Gasteiger partial charge in [0.05, 0.1) is 43.5 Å². The fourth-order valence-corrected chi connectivity index (χ4v) is 12.8. The van der Waals surface area contributed by atoms with Crippen molar-refractivity contribution in [2.75, 3.05) is 63.9 Å². The molecule has 5 aliphatic heterocycles. The van der Waals surface area contributed by atoms with E-state index >= 15 is 0 Å². The van der Waals surface area contributed by atoms with Crippen molar-refractivity contribution in [2.45, 2.75) is 61.5 Å². The largest absolute Gasteiger partial charge is 0.543 e. The summed E-state index contributed by atoms with van der Waals surface area (Å²) in [6, 6.07) is 2.23. The van der Waals surface area contributed by atoms with Gasteiger partial charge in [-0.25, -0.2) is 9.97 Å². The van der Waals surface area contributed by atoms with Crippen LogP contribution in [0.15, 0.2) is 61.9 Å². The van der Waals surface area contributed by atoms with E-state index in [1.807, 2.05) is 12.3 Å². The fourth-order valence-electron chi connectivity index (χ4n) is 9.07. The highest BCUT2D eigenvalue weighted by Gasteiger charge is 2.55. The van der Waals surface area contributed by atoms with Crippen LogP contribution in [0, 0.1) is 0 Å². The minimum Gasteiger partial charge on any atom is -0.543 e. The number of nitrogens with one attached hydrogen (secondary N) is 2. The van der Waals surface area contributed by atoms with E-state index < -0.39 is 58.4 Å². The molecule has 0 bridgehead atoms. The van der Waals surface area contributed by atoms with Crippen LogP contribution in [-0.2, 0) is 57.8 Å². The van der Waals surface area contributed by atoms with Crippen LogP contribution in [0.5, 0.6) is 0 Å². The first-order chi connectivity index (χ1) is 32.1. The lowest BCUT2D eigenvalue weighted by molar-refractivity contribution is -0.893. The number of oxime groups is 2. The number of aromatic nitrogens is 3. The molecule has 0 spiro atoms. The molecule has 3 fully saturated rings. The summed E-state index contributed by atoms with van der Waals surface area (Å²) in [6.07, 6.45) is 7.15. The maximum Gasteiger partial charge on any atom is 0.276 e. The molecule has 9 rings (SSSR count). The van der Waals surface area contributed by atoms with Gasteiger partial charge in [-0.1, -0.05) is 10.3 Å². The molecule has 3 aromatic rings. The van der Waals surface area contributed by atoms with Crippen molar-refractivity contribution in [2.24, 2.45) is 10.3 Å². The number of aryl methyl sites for hydroxylation is 1. The molecule has 3 saturated heterocycles. The number of anilines is 2. The number of carboxylic acids is 2. The molecule has 0 unspecified atom stereocenters. The summed E-state index contributed by atoms with van der Waals surface area (Å²) in [4.78, 5) is 95.7. The molecule has 3 aromatic heterocycles. The number of pyridine rings is 1. The summed E-state index contributed by atoms with van der Waals surface area (Å²) in [7, 11) is 4.68. The van der Waals surface area contributed by atoms with Crippen molar-refractivity contribution in [3.63, 3.8) is 0 Å². The highest BCUT2D eigenvalue weighted by Crippen LogP contribution is 2.42. The van der Waals surface area contributed by atoms with Gasteiger partial charge < -0.3 is 56.1 Å². The Labute approximate surface area is 399 Å². The molecule has 67 heavy (non-hydrogen) atoms. The zero-order valence-electron chi connectivity index (χ0n) is 36.4. The molecule has 0 aromatic carbocycles. The zero-order valence-corrected chi connectivity index (χ0v) is 39.7. The maximum absolute atomic E-state index is 13.0. The van der Waals surface area contributed by atoms with Gasteiger partial charge in [-0.15, -0.1) is 46.2 Å². The van der Waals surface area contributed by atoms with Gasteiger partial charge in [0.25, 0.3) is 23.6 Å². The zero-order chi connectivity index (χ0) is 47.7. The molecule has 22 nitrogen and oxygen atoms in total. The Morgan fingerprint density at radius 2 is 1.33 bits per heavy atom. The third kappa shape index (κ3) is 9.44. The van der Waals surface area contributed by atoms with Crippen molar-refractivity contribution >= 4 is 103 Å². The molecule has 8 heterocycles. The van der Waals surface area contributed by atoms with Gasteiger partial charge in [-0.2, -0.15) is 4.57 Å². The number of aliphatic carboxylic acids is 2. The van der Waals surface area contributed by atoms with Gasteiger partial charge in [0.2, 0.25) is 0 Å². The van der Waals surface area contributed by atoms with Crippen molar-refractivity contribution in [3.05, 3.63) is 74.3 Å². The van der Waals surface area contributed by atoms with Crippen LogP contribution in [0.3, 0.4) is 0 Å². The molecular formula is C41H46N12O10S4. The lowest BCUT2D eigenvalue weighted by Gasteiger charge is -2.51. The van der Waals surface area contributed by atoms with Gasteiger partial charge in [-0.05, 0) is 18.9 Å². The quantitative estimate of drug-likeness (QED) is 0.0433. The number of rotatable bonds is 14. The number of carboxylic acid groups (broad SMARTS) is 2. The minimum absolute atomic E-state index is 0.0615. The third-order valence-electron chi connectivity index (χ3n) is 12.1. The first-order valence-electron chi connectivity index (χ1n) is 21.0. The number of quaternary nitrogens is 1. The molecule has 6 aliphatic rings. The van der Waals surface area contributed by atoms with Crippen molar-refractivity contribution < 1.29 is 57.7 Å². The van der Waals surface area contributed by atoms with E-state index in [9.17, 15) is 39.0 Å². The highest BCUT2D eigenvalue weighted by atomic mass is 32.2. The number of nitrogens with zero attached hydrogens (tertiary/aromatic N) is 8. The molecule has 0 saturated carbocycles. The number of likely N-dealkylation sites (N-methyl/N-ethyl adjacent to an activating group) is 1. The van der Waals surface area contributed by atoms with E-state index in [0.717, 1.165) is 72.4 Å². The van der Waals surface area contributed by atoms with Crippen LogP contribution in [-0.4, -0.2) is 146 Å². The number of likely N-dealkylation sites (tertiary alicyclic amines) is 1. The number of thiazole rings is 2. The van der Waals surface area contributed by atoms with Crippen LogP contribution in [0.2, 0.25) is 0 Å². The summed E-state index contributed by atoms with van der Waals surface area (Å²) in [5, 5.41) is 39.3. The first kappa shape index (κ1) is 47.4. The molecule has 0 radical (unpaired) electrons. The van der Waals surface area contributed by atoms with E-state index in [-0.39, 0.29) is 44.5 Å². The Hall–Kier alpha value is -6.09. The number of nitrogen functional groups attached to an aromatic ring is 2. The number of carbonyl (C=O) groups is 6. The second-order valence-corrected chi connectivity index (χ2v) is 20.5. The first-order valence-corrected chi connectivity index (χ1v) is 24.8. The Bertz CT molecular complexity index is 2660. The number of hydrogen-bond acceptors (Lipinski definition) is 20. The number of thioether (sulfide) groups is 2. The standard InChI is InChI=1S/C22H22N6O5S2.C19H24N6O5S2/c1-33-26-15(13-10-35-22(23)24-13)18(29)25-16-19(30)28-17(21(31)32)12(9-34-20(16)28)8-27-7-3-5-11-4-2-6-14(11)27;1-25(5-3-4-6-25)7-10-8-31-17-13(16(27)24(17)14(10)18(28)29)22-15(26)12(23-30-2)11-9-32-19(20)21-11/h3,5,7,10,16,20H,2,4,6,8-9H2,1H3,(H3-,23,24,25,29,31,32);9,13,17H,3-8H2,1-2H3,(H3-,20,21,22,26,28,29)/b26-15-;23-12-/t16-,20-;13-,17-/m11/s1. The fraction of sp³-hybridized carbons (Fsp3) is 0.439. The van der Waals surface area contributed by atoms with Gasteiger partial charge in [0.1, 0.15) is 55.0 Å². The number of hydrogen-bond donors (Lipinski definition) is 4. The predicted molar refractivity (Wildman–Crippen MR) is 243 cm³/mol. The van der Waals surface area contributed by atoms with Crippen LogP contribution < -0.4 is 36.9 Å². The molecule has 354 valence electrons. The molecule has 1 aliphatic carbocycles. The lowest BCUT2D eigenvalue weighted by Crippen LogP contribution is -2.71. The van der Waals surface area contributed by atoms with Crippen LogP contribution in [0.25, 0.3) is 0 Å². The highest BCUT2D eigenvalue weighted by molar-refractivity contribution is 8.00. The van der Waals surface area contributed by atoms with Gasteiger partial charge in [0.15, 0.2) is 40.1 Å². The smallest absolute Gasteiger partial charge is 0.276 e. The number of carbonyl (C=O) groups excluding carboxylic acids is 6. The summed E-state index contributed by atoms with van der Waals surface area (Å²) in [5.74, 6) is -4.27. The predicted octanol–water partition coefficient (Wildman–Crippen LogP) is -2.32. The van der Waals surface area contributed by atoms with E-state index in [1.54, 1.807) is 10.8 Å². The number of β-lactam (4-membered cyclic amide) rings is 2. The summed E-state index contributed by atoms with van der Waals surface area (Å²) in [5.41, 5.74) is 15.1. The topological polar surface area (TPSA) is 304 Å². The monoisotopic (exact) mass is 994 g/mol. The Kier molecular flexibility index (Phi) is 13.9. The van der Waals surface area contributed by atoms with Gasteiger partial charge in [-0.3, -0.25) is 29.0 Å². The number of fused-ring (bicyclic) bond motifs is 3. The molecule has 4 atom stereocenters. The SMILES string of the molecule is CO/N=C(\C(=O)N[C@@H]1C(=O)N2C(C(=O)[O-])=C(C[N+]3(C)CCCC3)CS[C@H]12)c1csc(N)n1.CO/N=C(\C(=O)N[C@@H]1C(=O)N2C(C(=O)[O-])=C(C[n+]3cccc4c3CCC4)CS[C@H]12)c1csc(N)n1. The third-order valence-corrected chi connectivity index (χ3v) is 16.1. The van der Waals surface area contributed by atoms with Crippen LogP contribution >= 0.6 is 46.2 Å². The second-order valence-electron chi connectivity index (χ2n) is 16.5. The normalized spacial score (nSPS) is 23.0. The van der Waals surface area contributed by atoms with Gasteiger partial charge >= 0.3 is 0 Å². The van der Waals surface area contributed by atoms with Crippen molar-refractivity contribution in [1.82, 2.24) is 30.4 Å². The molecule has 26 heteroatoms. The van der Waals surface area contributed by atoms with Crippen molar-refractivity contribution in [3.8, 4) is 0 Å². The van der Waals surface area contributed by atoms with Gasteiger partial charge in [0, 0.05) is 64.3 Å². The number of nitrogens with two attached hydrogens (primary N) is 2. The Balaban J connectivity index is 0.000000182. The molecule has 4 amide bonds. The Morgan fingerprint density at radius 1 is 0.821 bits per heavy atom. The maximum atomic E-state index is 13.0. The minimum atomic E-state index is -1.41.